The quantitative estimate of drug-likeness (QED) is 0.871. The molecule has 1 amide bonds. The molecule has 0 aliphatic heterocycles. The zero-order chi connectivity index (χ0) is 13.8. The van der Waals surface area contributed by atoms with Gasteiger partial charge in [-0.2, -0.15) is 0 Å². The van der Waals surface area contributed by atoms with Crippen molar-refractivity contribution in [3.63, 3.8) is 0 Å². The van der Waals surface area contributed by atoms with Crippen molar-refractivity contribution in [1.29, 1.82) is 0 Å². The van der Waals surface area contributed by atoms with Crippen LogP contribution >= 0.6 is 11.3 Å². The predicted molar refractivity (Wildman–Crippen MR) is 80.6 cm³/mol. The van der Waals surface area contributed by atoms with Gasteiger partial charge in [-0.3, -0.25) is 4.79 Å². The van der Waals surface area contributed by atoms with Crippen LogP contribution in [-0.2, 0) is 6.42 Å². The van der Waals surface area contributed by atoms with Crippen LogP contribution in [0.3, 0.4) is 0 Å². The molecule has 0 unspecified atom stereocenters. The molecule has 2 aromatic rings. The number of carbonyl (C=O) groups excluding carboxylic acids is 1. The van der Waals surface area contributed by atoms with Gasteiger partial charge in [0.15, 0.2) is 0 Å². The highest BCUT2D eigenvalue weighted by molar-refractivity contribution is 7.09. The average Bonchev–Trinajstić information content (AvgIpc) is 2.91. The summed E-state index contributed by atoms with van der Waals surface area (Å²) in [6, 6.07) is 9.59. The molecule has 3 nitrogen and oxygen atoms in total. The lowest BCUT2D eigenvalue weighted by molar-refractivity contribution is 0.0796. The van der Waals surface area contributed by atoms with Crippen LogP contribution in [0.5, 0.6) is 0 Å². The number of likely N-dealkylation sites (N-methyl/N-ethyl adjacent to an activating group) is 1. The number of amides is 1. The van der Waals surface area contributed by atoms with Crippen LogP contribution in [0.4, 0.5) is 5.69 Å². The summed E-state index contributed by atoms with van der Waals surface area (Å²) in [6.07, 6.45) is 0.890. The van der Waals surface area contributed by atoms with E-state index in [9.17, 15) is 4.79 Å². The molecule has 0 aliphatic rings. The Kier molecular flexibility index (Phi) is 4.22. The fourth-order valence-corrected chi connectivity index (χ4v) is 2.62. The van der Waals surface area contributed by atoms with E-state index < -0.39 is 0 Å². The van der Waals surface area contributed by atoms with Crippen molar-refractivity contribution in [2.45, 2.75) is 13.3 Å². The van der Waals surface area contributed by atoms with Crippen LogP contribution in [-0.4, -0.2) is 24.4 Å². The molecule has 0 aliphatic carbocycles. The third-order valence-electron chi connectivity index (χ3n) is 3.23. The van der Waals surface area contributed by atoms with Crippen molar-refractivity contribution in [3.05, 3.63) is 51.7 Å². The summed E-state index contributed by atoms with van der Waals surface area (Å²) in [5.74, 6) is 0.0290. The third kappa shape index (κ3) is 3.15. The molecule has 100 valence electrons. The van der Waals surface area contributed by atoms with Crippen molar-refractivity contribution in [3.8, 4) is 0 Å². The highest BCUT2D eigenvalue weighted by Gasteiger charge is 2.14. The molecule has 0 saturated heterocycles. The van der Waals surface area contributed by atoms with Gasteiger partial charge < -0.3 is 10.6 Å². The van der Waals surface area contributed by atoms with E-state index in [1.165, 1.54) is 4.88 Å². The molecule has 4 heteroatoms. The molecule has 0 saturated carbocycles. The third-order valence-corrected chi connectivity index (χ3v) is 4.16. The molecule has 0 atom stereocenters. The lowest BCUT2D eigenvalue weighted by Crippen LogP contribution is -2.29. The number of nitrogens with two attached hydrogens (primary N) is 1. The van der Waals surface area contributed by atoms with Crippen molar-refractivity contribution >= 4 is 22.9 Å². The summed E-state index contributed by atoms with van der Waals surface area (Å²) in [6.45, 7) is 2.60. The Bertz CT molecular complexity index is 564. The lowest BCUT2D eigenvalue weighted by Gasteiger charge is -2.18. The largest absolute Gasteiger partial charge is 0.398 e. The van der Waals surface area contributed by atoms with Crippen molar-refractivity contribution in [2.24, 2.45) is 0 Å². The number of hydrogen-bond acceptors (Lipinski definition) is 3. The first-order chi connectivity index (χ1) is 9.09. The van der Waals surface area contributed by atoms with E-state index in [0.717, 1.165) is 12.0 Å². The standard InChI is InChI=1S/C15H18N2OS/c1-11-13(6-3-7-14(11)16)15(18)17(2)9-8-12-5-4-10-19-12/h3-7,10H,8-9,16H2,1-2H3. The monoisotopic (exact) mass is 274 g/mol. The molecule has 1 aromatic heterocycles. The fourth-order valence-electron chi connectivity index (χ4n) is 1.93. The molecular weight excluding hydrogens is 256 g/mol. The second kappa shape index (κ2) is 5.89. The molecule has 0 radical (unpaired) electrons. The molecule has 0 bridgehead atoms. The first-order valence-corrected chi connectivity index (χ1v) is 7.10. The molecule has 1 aromatic carbocycles. The Morgan fingerprint density at radius 3 is 2.79 bits per heavy atom. The SMILES string of the molecule is Cc1c(N)cccc1C(=O)N(C)CCc1cccs1. The van der Waals surface area contributed by atoms with Gasteiger partial charge in [0.25, 0.3) is 5.91 Å². The number of nitrogen functional groups attached to an aromatic ring is 1. The minimum Gasteiger partial charge on any atom is -0.398 e. The lowest BCUT2D eigenvalue weighted by atomic mass is 10.1. The number of hydrogen-bond donors (Lipinski definition) is 1. The Morgan fingerprint density at radius 2 is 2.11 bits per heavy atom. The van der Waals surface area contributed by atoms with Crippen LogP contribution in [0.2, 0.25) is 0 Å². The van der Waals surface area contributed by atoms with Crippen LogP contribution in [0, 0.1) is 6.92 Å². The number of anilines is 1. The van der Waals surface area contributed by atoms with Gasteiger partial charge in [-0.05, 0) is 42.5 Å². The van der Waals surface area contributed by atoms with E-state index in [1.54, 1.807) is 16.2 Å². The highest BCUT2D eigenvalue weighted by atomic mass is 32.1. The number of rotatable bonds is 4. The maximum Gasteiger partial charge on any atom is 0.253 e. The van der Waals surface area contributed by atoms with Crippen molar-refractivity contribution < 1.29 is 4.79 Å². The van der Waals surface area contributed by atoms with E-state index in [1.807, 2.05) is 38.2 Å². The summed E-state index contributed by atoms with van der Waals surface area (Å²) in [5.41, 5.74) is 8.05. The van der Waals surface area contributed by atoms with Crippen LogP contribution in [0.1, 0.15) is 20.8 Å². The molecular formula is C15H18N2OS. The maximum atomic E-state index is 12.4. The zero-order valence-electron chi connectivity index (χ0n) is 11.2. The van der Waals surface area contributed by atoms with E-state index >= 15 is 0 Å². The molecule has 2 N–H and O–H groups in total. The van der Waals surface area contributed by atoms with Crippen molar-refractivity contribution in [2.75, 3.05) is 19.3 Å². The first kappa shape index (κ1) is 13.6. The smallest absolute Gasteiger partial charge is 0.253 e. The number of nitrogens with zero attached hydrogens (tertiary/aromatic N) is 1. The molecule has 19 heavy (non-hydrogen) atoms. The number of carbonyl (C=O) groups is 1. The number of benzene rings is 1. The van der Waals surface area contributed by atoms with Crippen LogP contribution in [0.25, 0.3) is 0 Å². The predicted octanol–water partition coefficient (Wildman–Crippen LogP) is 2.95. The number of thiophene rings is 1. The van der Waals surface area contributed by atoms with Crippen LogP contribution in [0.15, 0.2) is 35.7 Å². The summed E-state index contributed by atoms with van der Waals surface area (Å²) in [5, 5.41) is 2.05. The van der Waals surface area contributed by atoms with E-state index in [-0.39, 0.29) is 5.91 Å². The van der Waals surface area contributed by atoms with E-state index in [2.05, 4.69) is 11.4 Å². The normalized spacial score (nSPS) is 10.4. The zero-order valence-corrected chi connectivity index (χ0v) is 12.0. The van der Waals surface area contributed by atoms with Crippen LogP contribution < -0.4 is 5.73 Å². The summed E-state index contributed by atoms with van der Waals surface area (Å²) < 4.78 is 0. The molecule has 0 spiro atoms. The topological polar surface area (TPSA) is 46.3 Å². The van der Waals surface area contributed by atoms with E-state index in [4.69, 9.17) is 5.73 Å². The molecule has 0 fully saturated rings. The fraction of sp³-hybridized carbons (Fsp3) is 0.267. The van der Waals surface area contributed by atoms with E-state index in [0.29, 0.717) is 17.8 Å². The minimum atomic E-state index is 0.0290. The van der Waals surface area contributed by atoms with Gasteiger partial charge in [0.05, 0.1) is 0 Å². The Labute approximate surface area is 117 Å². The van der Waals surface area contributed by atoms with Crippen molar-refractivity contribution in [1.82, 2.24) is 4.90 Å². The van der Waals surface area contributed by atoms with Gasteiger partial charge in [-0.1, -0.05) is 12.1 Å². The average molecular weight is 274 g/mol. The van der Waals surface area contributed by atoms with Gasteiger partial charge in [0, 0.05) is 29.7 Å². The summed E-state index contributed by atoms with van der Waals surface area (Å²) in [4.78, 5) is 15.4. The Balaban J connectivity index is 2.04. The summed E-state index contributed by atoms with van der Waals surface area (Å²) in [7, 11) is 1.83. The Hall–Kier alpha value is -1.81. The molecule has 2 rings (SSSR count). The van der Waals surface area contributed by atoms with Gasteiger partial charge >= 0.3 is 0 Å². The molecule has 1 heterocycles. The maximum absolute atomic E-state index is 12.4. The second-order valence-corrected chi connectivity index (χ2v) is 5.61. The van der Waals surface area contributed by atoms with Gasteiger partial charge in [-0.25, -0.2) is 0 Å². The van der Waals surface area contributed by atoms with Gasteiger partial charge in [0.1, 0.15) is 0 Å². The minimum absolute atomic E-state index is 0.0290. The van der Waals surface area contributed by atoms with Gasteiger partial charge in [0.2, 0.25) is 0 Å². The summed E-state index contributed by atoms with van der Waals surface area (Å²) >= 11 is 1.72. The second-order valence-electron chi connectivity index (χ2n) is 4.58. The Morgan fingerprint density at radius 1 is 1.32 bits per heavy atom. The first-order valence-electron chi connectivity index (χ1n) is 6.22. The highest BCUT2D eigenvalue weighted by Crippen LogP contribution is 2.17. The van der Waals surface area contributed by atoms with Gasteiger partial charge in [-0.15, -0.1) is 11.3 Å².